The smallest absolute Gasteiger partial charge is 0.402 e. The van der Waals surface area contributed by atoms with Crippen LogP contribution in [0.3, 0.4) is 0 Å². The molecule has 28 heavy (non-hydrogen) atoms. The summed E-state index contributed by atoms with van der Waals surface area (Å²) in [5.41, 5.74) is -1.76. The highest BCUT2D eigenvalue weighted by atomic mass is 19.4. The van der Waals surface area contributed by atoms with E-state index in [4.69, 9.17) is 14.7 Å². The van der Waals surface area contributed by atoms with Gasteiger partial charge < -0.3 is 20.0 Å². The number of hydrogen-bond donors (Lipinski definition) is 3. The predicted molar refractivity (Wildman–Crippen MR) is 94.8 cm³/mol. The lowest BCUT2D eigenvalue weighted by Crippen LogP contribution is -2.32. The normalized spacial score (nSPS) is 12.0. The quantitative estimate of drug-likeness (QED) is 0.530. The van der Waals surface area contributed by atoms with Crippen molar-refractivity contribution in [2.24, 2.45) is 0 Å². The molecule has 1 amide bonds. The molecule has 2 rings (SSSR count). The molecular formula is C18H18BF4NO4. The average molecular weight is 399 g/mol. The van der Waals surface area contributed by atoms with Gasteiger partial charge in [0.1, 0.15) is 5.82 Å². The zero-order valence-corrected chi connectivity index (χ0v) is 15.3. The molecule has 2 aromatic carbocycles. The van der Waals surface area contributed by atoms with E-state index in [0.717, 1.165) is 12.1 Å². The molecule has 0 aliphatic carbocycles. The zero-order chi connectivity index (χ0) is 21.3. The van der Waals surface area contributed by atoms with Crippen LogP contribution in [0.2, 0.25) is 0 Å². The van der Waals surface area contributed by atoms with E-state index in [1.807, 2.05) is 0 Å². The minimum Gasteiger partial charge on any atom is -0.402 e. The molecule has 0 aromatic heterocycles. The Morgan fingerprint density at radius 3 is 2.25 bits per heavy atom. The lowest BCUT2D eigenvalue weighted by atomic mass is 9.91. The highest BCUT2D eigenvalue weighted by Gasteiger charge is 2.36. The molecule has 0 saturated heterocycles. The van der Waals surface area contributed by atoms with Crippen LogP contribution in [0.5, 0.6) is 0 Å². The maximum Gasteiger partial charge on any atom is 0.634 e. The van der Waals surface area contributed by atoms with Gasteiger partial charge in [0.2, 0.25) is 0 Å². The van der Waals surface area contributed by atoms with Crippen molar-refractivity contribution in [3.8, 4) is 0 Å². The summed E-state index contributed by atoms with van der Waals surface area (Å²) in [6, 6.07) is 6.30. The molecule has 0 saturated carbocycles. The van der Waals surface area contributed by atoms with Crippen LogP contribution in [0, 0.1) is 12.7 Å². The molecular weight excluding hydrogens is 381 g/mol. The number of halogens is 4. The molecule has 0 aliphatic rings. The van der Waals surface area contributed by atoms with Crippen molar-refractivity contribution in [1.29, 1.82) is 0 Å². The summed E-state index contributed by atoms with van der Waals surface area (Å²) in [6.07, 6.45) is -4.89. The lowest BCUT2D eigenvalue weighted by molar-refractivity contribution is -0.138. The van der Waals surface area contributed by atoms with E-state index in [-0.39, 0.29) is 11.8 Å². The third kappa shape index (κ3) is 5.09. The van der Waals surface area contributed by atoms with Gasteiger partial charge in [0.25, 0.3) is 5.91 Å². The van der Waals surface area contributed by atoms with Crippen molar-refractivity contribution in [1.82, 2.24) is 0 Å². The fourth-order valence-electron chi connectivity index (χ4n) is 2.89. The number of hydrogen-bond acceptors (Lipinski definition) is 4. The Balaban J connectivity index is 2.30. The van der Waals surface area contributed by atoms with Crippen LogP contribution < -0.4 is 5.32 Å². The first-order valence-corrected chi connectivity index (χ1v) is 8.14. The number of rotatable bonds is 5. The van der Waals surface area contributed by atoms with Crippen LogP contribution in [0.15, 0.2) is 36.4 Å². The third-order valence-corrected chi connectivity index (χ3v) is 4.06. The second kappa shape index (κ2) is 7.90. The molecule has 10 heteroatoms. The van der Waals surface area contributed by atoms with Crippen LogP contribution in [0.25, 0.3) is 0 Å². The summed E-state index contributed by atoms with van der Waals surface area (Å²) in [6.45, 7) is 4.86. The summed E-state index contributed by atoms with van der Waals surface area (Å²) in [7, 11) is -1.99. The largest absolute Gasteiger partial charge is 0.634 e. The summed E-state index contributed by atoms with van der Waals surface area (Å²) in [5.74, 6) is -2.14. The Hall–Kier alpha value is -2.43. The number of anilines is 1. The van der Waals surface area contributed by atoms with Crippen molar-refractivity contribution < 1.29 is 37.1 Å². The van der Waals surface area contributed by atoms with Crippen molar-refractivity contribution in [3.63, 3.8) is 0 Å². The van der Waals surface area contributed by atoms with E-state index in [1.54, 1.807) is 26.8 Å². The summed E-state index contributed by atoms with van der Waals surface area (Å²) < 4.78 is 57.4. The number of aryl methyl sites for hydroxylation is 1. The Bertz CT molecular complexity index is 884. The second-order valence-corrected chi connectivity index (χ2v) is 6.63. The first kappa shape index (κ1) is 21.9. The number of amides is 1. The van der Waals surface area contributed by atoms with Crippen molar-refractivity contribution in [2.45, 2.75) is 32.5 Å². The molecule has 0 heterocycles. The number of benzene rings is 2. The van der Waals surface area contributed by atoms with E-state index in [0.29, 0.717) is 11.1 Å². The minimum absolute atomic E-state index is 0.212. The predicted octanol–water partition coefficient (Wildman–Crippen LogP) is 3.63. The highest BCUT2D eigenvalue weighted by Crippen LogP contribution is 2.33. The minimum atomic E-state index is -4.89. The Kier molecular flexibility index (Phi) is 6.17. The third-order valence-electron chi connectivity index (χ3n) is 4.06. The molecule has 0 bridgehead atoms. The summed E-state index contributed by atoms with van der Waals surface area (Å²) in [5, 5.41) is 20.4. The van der Waals surface area contributed by atoms with Crippen molar-refractivity contribution in [3.05, 3.63) is 64.5 Å². The standard InChI is InChI=1S/C18H18BF4NO4/c1-10-8-12(5-7-14(10)17(2,3)28-19(26)27)24-16(25)13-6-4-11(20)9-15(13)18(21,22)23/h4-9,26-27H,1-3H3,(H,24,25). The van der Waals surface area contributed by atoms with Gasteiger partial charge in [-0.1, -0.05) is 6.07 Å². The van der Waals surface area contributed by atoms with Gasteiger partial charge in [0.05, 0.1) is 16.7 Å². The molecule has 0 aliphatic heterocycles. The van der Waals surface area contributed by atoms with Crippen LogP contribution in [-0.4, -0.2) is 23.3 Å². The van der Waals surface area contributed by atoms with Crippen LogP contribution in [0.4, 0.5) is 23.2 Å². The van der Waals surface area contributed by atoms with E-state index in [1.165, 1.54) is 12.1 Å². The highest BCUT2D eigenvalue weighted by molar-refractivity contribution is 6.32. The molecule has 5 nitrogen and oxygen atoms in total. The molecule has 0 spiro atoms. The van der Waals surface area contributed by atoms with Gasteiger partial charge in [-0.15, -0.1) is 0 Å². The van der Waals surface area contributed by atoms with Crippen LogP contribution in [0.1, 0.15) is 40.9 Å². The molecule has 0 atom stereocenters. The topological polar surface area (TPSA) is 78.8 Å². The zero-order valence-electron chi connectivity index (χ0n) is 15.3. The maximum atomic E-state index is 13.2. The van der Waals surface area contributed by atoms with E-state index < -0.39 is 41.9 Å². The van der Waals surface area contributed by atoms with Crippen molar-refractivity contribution >= 4 is 18.9 Å². The van der Waals surface area contributed by atoms with E-state index >= 15 is 0 Å². The molecule has 3 N–H and O–H groups in total. The van der Waals surface area contributed by atoms with Crippen LogP contribution >= 0.6 is 0 Å². The van der Waals surface area contributed by atoms with Gasteiger partial charge in [-0.05, 0) is 62.2 Å². The average Bonchev–Trinajstić information content (AvgIpc) is 2.52. The van der Waals surface area contributed by atoms with E-state index in [2.05, 4.69) is 5.32 Å². The monoisotopic (exact) mass is 399 g/mol. The molecule has 2 aromatic rings. The van der Waals surface area contributed by atoms with Crippen LogP contribution in [-0.2, 0) is 16.4 Å². The Labute approximate surface area is 159 Å². The van der Waals surface area contributed by atoms with Gasteiger partial charge >= 0.3 is 13.5 Å². The number of nitrogens with one attached hydrogen (secondary N) is 1. The van der Waals surface area contributed by atoms with Gasteiger partial charge in [-0.2, -0.15) is 13.2 Å². The van der Waals surface area contributed by atoms with Gasteiger partial charge in [-0.25, -0.2) is 4.39 Å². The number of alkyl halides is 3. The first-order valence-electron chi connectivity index (χ1n) is 8.14. The van der Waals surface area contributed by atoms with E-state index in [9.17, 15) is 22.4 Å². The fourth-order valence-corrected chi connectivity index (χ4v) is 2.89. The number of carbonyl (C=O) groups excluding carboxylic acids is 1. The Morgan fingerprint density at radius 1 is 1.07 bits per heavy atom. The van der Waals surface area contributed by atoms with Gasteiger partial charge in [-0.3, -0.25) is 4.79 Å². The first-order chi connectivity index (χ1) is 12.8. The fraction of sp³-hybridized carbons (Fsp3) is 0.278. The molecule has 150 valence electrons. The Morgan fingerprint density at radius 2 is 1.71 bits per heavy atom. The molecule has 0 radical (unpaired) electrons. The van der Waals surface area contributed by atoms with Gasteiger partial charge in [0.15, 0.2) is 0 Å². The SMILES string of the molecule is Cc1cc(NC(=O)c2ccc(F)cc2C(F)(F)F)ccc1C(C)(C)OB(O)O. The number of carbonyl (C=O) groups is 1. The maximum absolute atomic E-state index is 13.2. The van der Waals surface area contributed by atoms with Gasteiger partial charge in [0, 0.05) is 5.69 Å². The second-order valence-electron chi connectivity index (χ2n) is 6.63. The van der Waals surface area contributed by atoms with Crippen molar-refractivity contribution in [2.75, 3.05) is 5.32 Å². The molecule has 0 fully saturated rings. The summed E-state index contributed by atoms with van der Waals surface area (Å²) >= 11 is 0. The lowest BCUT2D eigenvalue weighted by Gasteiger charge is -2.28. The molecule has 0 unspecified atom stereocenters. The summed E-state index contributed by atoms with van der Waals surface area (Å²) in [4.78, 5) is 12.3.